The van der Waals surface area contributed by atoms with Gasteiger partial charge in [-0.05, 0) is 18.6 Å². The minimum absolute atomic E-state index is 0.262. The largest absolute Gasteiger partial charge is 0.480 e. The van der Waals surface area contributed by atoms with E-state index < -0.39 is 12.0 Å². The highest BCUT2D eigenvalue weighted by atomic mass is 35.5. The van der Waals surface area contributed by atoms with Crippen LogP contribution in [0, 0.1) is 0 Å². The van der Waals surface area contributed by atoms with Gasteiger partial charge >= 0.3 is 5.97 Å². The number of thioether (sulfide) groups is 1. The van der Waals surface area contributed by atoms with Crippen LogP contribution in [-0.2, 0) is 11.2 Å². The average molecular weight is 315 g/mol. The van der Waals surface area contributed by atoms with E-state index in [0.717, 1.165) is 18.5 Å². The van der Waals surface area contributed by atoms with Crippen LogP contribution in [0.3, 0.4) is 0 Å². The zero-order valence-corrected chi connectivity index (χ0v) is 12.6. The lowest BCUT2D eigenvalue weighted by Gasteiger charge is -2.20. The van der Waals surface area contributed by atoms with Crippen LogP contribution in [0.4, 0.5) is 0 Å². The standard InChI is InChI=1S/C13H15ClN2O3S/c1-2-3-9-4-8(5-11(14)15-9)12(17)16-7-20-6-10(16)13(18)19/h4-5,10H,2-3,6-7H2,1H3,(H,18,19). The Bertz CT molecular complexity index is 538. The third-order valence-corrected chi connectivity index (χ3v) is 4.23. The molecule has 1 atom stereocenters. The molecule has 108 valence electrons. The van der Waals surface area contributed by atoms with Crippen molar-refractivity contribution in [3.63, 3.8) is 0 Å². The lowest BCUT2D eigenvalue weighted by atomic mass is 10.1. The molecule has 1 aromatic heterocycles. The van der Waals surface area contributed by atoms with Gasteiger partial charge in [0, 0.05) is 17.0 Å². The van der Waals surface area contributed by atoms with Crippen molar-refractivity contribution in [2.75, 3.05) is 11.6 Å². The second-order valence-electron chi connectivity index (χ2n) is 4.55. The van der Waals surface area contributed by atoms with Gasteiger partial charge in [0.15, 0.2) is 0 Å². The number of carbonyl (C=O) groups excluding carboxylic acids is 1. The van der Waals surface area contributed by atoms with Gasteiger partial charge in [-0.15, -0.1) is 11.8 Å². The van der Waals surface area contributed by atoms with Gasteiger partial charge in [-0.1, -0.05) is 24.9 Å². The highest BCUT2D eigenvalue weighted by Crippen LogP contribution is 2.24. The molecule has 1 fully saturated rings. The zero-order chi connectivity index (χ0) is 14.7. The highest BCUT2D eigenvalue weighted by Gasteiger charge is 2.35. The van der Waals surface area contributed by atoms with Crippen molar-refractivity contribution in [1.29, 1.82) is 0 Å². The molecular formula is C13H15ClN2O3S. The Labute approximate surface area is 126 Å². The second kappa shape index (κ2) is 6.45. The molecule has 20 heavy (non-hydrogen) atoms. The van der Waals surface area contributed by atoms with Crippen molar-refractivity contribution < 1.29 is 14.7 Å². The number of halogens is 1. The molecule has 1 aliphatic heterocycles. The zero-order valence-electron chi connectivity index (χ0n) is 11.0. The van der Waals surface area contributed by atoms with Crippen LogP contribution in [0.1, 0.15) is 29.4 Å². The van der Waals surface area contributed by atoms with Crippen molar-refractivity contribution in [3.8, 4) is 0 Å². The minimum atomic E-state index is -0.975. The maximum Gasteiger partial charge on any atom is 0.327 e. The van der Waals surface area contributed by atoms with E-state index in [2.05, 4.69) is 4.98 Å². The van der Waals surface area contributed by atoms with E-state index >= 15 is 0 Å². The molecule has 5 nitrogen and oxygen atoms in total. The summed E-state index contributed by atoms with van der Waals surface area (Å²) in [7, 11) is 0. The molecule has 1 aliphatic rings. The summed E-state index contributed by atoms with van der Waals surface area (Å²) in [4.78, 5) is 29.1. The molecule has 1 aromatic rings. The van der Waals surface area contributed by atoms with Crippen molar-refractivity contribution in [2.24, 2.45) is 0 Å². The molecule has 2 rings (SSSR count). The summed E-state index contributed by atoms with van der Waals surface area (Å²) < 4.78 is 0. The first-order chi connectivity index (χ1) is 9.52. The molecule has 1 saturated heterocycles. The van der Waals surface area contributed by atoms with Crippen LogP contribution >= 0.6 is 23.4 Å². The molecule has 0 radical (unpaired) electrons. The quantitative estimate of drug-likeness (QED) is 0.863. The number of carboxylic acids is 1. The van der Waals surface area contributed by atoms with Crippen LogP contribution < -0.4 is 0 Å². The van der Waals surface area contributed by atoms with E-state index in [1.165, 1.54) is 22.7 Å². The molecule has 1 amide bonds. The molecule has 1 unspecified atom stereocenters. The van der Waals surface area contributed by atoms with E-state index in [1.807, 2.05) is 6.92 Å². The lowest BCUT2D eigenvalue weighted by molar-refractivity contribution is -0.140. The second-order valence-corrected chi connectivity index (χ2v) is 5.94. The average Bonchev–Trinajstić information content (AvgIpc) is 2.86. The number of amides is 1. The SMILES string of the molecule is CCCc1cc(C(=O)N2CSCC2C(=O)O)cc(Cl)n1. The first-order valence-electron chi connectivity index (χ1n) is 6.31. The van der Waals surface area contributed by atoms with Crippen molar-refractivity contribution in [2.45, 2.75) is 25.8 Å². The van der Waals surface area contributed by atoms with Crippen LogP contribution in [-0.4, -0.2) is 44.5 Å². The smallest absolute Gasteiger partial charge is 0.327 e. The van der Waals surface area contributed by atoms with Crippen molar-refractivity contribution in [3.05, 3.63) is 28.5 Å². The summed E-state index contributed by atoms with van der Waals surface area (Å²) >= 11 is 7.37. The molecule has 0 aliphatic carbocycles. The third kappa shape index (κ3) is 3.24. The summed E-state index contributed by atoms with van der Waals surface area (Å²) in [5.41, 5.74) is 1.16. The number of nitrogens with zero attached hydrogens (tertiary/aromatic N) is 2. The van der Waals surface area contributed by atoms with Crippen LogP contribution in [0.5, 0.6) is 0 Å². The van der Waals surface area contributed by atoms with Gasteiger partial charge in [-0.3, -0.25) is 4.79 Å². The number of rotatable bonds is 4. The van der Waals surface area contributed by atoms with Crippen LogP contribution in [0.2, 0.25) is 5.15 Å². The monoisotopic (exact) mass is 314 g/mol. The van der Waals surface area contributed by atoms with Crippen molar-refractivity contribution >= 4 is 35.2 Å². The normalized spacial score (nSPS) is 18.3. The molecule has 0 spiro atoms. The Morgan fingerprint density at radius 2 is 2.30 bits per heavy atom. The fourth-order valence-electron chi connectivity index (χ4n) is 2.07. The number of aliphatic carboxylic acids is 1. The topological polar surface area (TPSA) is 70.5 Å². The number of carbonyl (C=O) groups is 2. The summed E-state index contributed by atoms with van der Waals surface area (Å²) in [5, 5.41) is 9.39. The predicted octanol–water partition coefficient (Wildman–Crippen LogP) is 2.29. The van der Waals surface area contributed by atoms with E-state index in [4.69, 9.17) is 16.7 Å². The summed E-state index contributed by atoms with van der Waals surface area (Å²) in [6, 6.07) is 2.42. The number of carboxylic acid groups (broad SMARTS) is 1. The van der Waals surface area contributed by atoms with Gasteiger partial charge in [0.1, 0.15) is 11.2 Å². The Hall–Kier alpha value is -1.27. The Morgan fingerprint density at radius 1 is 1.55 bits per heavy atom. The molecule has 0 saturated carbocycles. The maximum atomic E-state index is 12.4. The first-order valence-corrected chi connectivity index (χ1v) is 7.84. The van der Waals surface area contributed by atoms with Gasteiger partial charge in [0.2, 0.25) is 0 Å². The summed E-state index contributed by atoms with van der Waals surface area (Å²) in [6.07, 6.45) is 1.64. The van der Waals surface area contributed by atoms with Gasteiger partial charge in [0.05, 0.1) is 5.88 Å². The number of hydrogen-bond donors (Lipinski definition) is 1. The molecule has 0 aromatic carbocycles. The minimum Gasteiger partial charge on any atom is -0.480 e. The van der Waals surface area contributed by atoms with E-state index in [9.17, 15) is 9.59 Å². The maximum absolute atomic E-state index is 12.4. The van der Waals surface area contributed by atoms with Gasteiger partial charge in [-0.2, -0.15) is 0 Å². The van der Waals surface area contributed by atoms with Gasteiger partial charge in [-0.25, -0.2) is 9.78 Å². The van der Waals surface area contributed by atoms with Crippen LogP contribution in [0.25, 0.3) is 0 Å². The van der Waals surface area contributed by atoms with Gasteiger partial charge < -0.3 is 10.0 Å². The first kappa shape index (κ1) is 15.1. The summed E-state index contributed by atoms with van der Waals surface area (Å²) in [6.45, 7) is 2.02. The Balaban J connectivity index is 2.26. The number of aryl methyl sites for hydroxylation is 1. The van der Waals surface area contributed by atoms with E-state index in [-0.39, 0.29) is 11.1 Å². The van der Waals surface area contributed by atoms with E-state index in [0.29, 0.717) is 17.2 Å². The lowest BCUT2D eigenvalue weighted by Crippen LogP contribution is -2.41. The fraction of sp³-hybridized carbons (Fsp3) is 0.462. The van der Waals surface area contributed by atoms with E-state index in [1.54, 1.807) is 6.07 Å². The number of hydrogen-bond acceptors (Lipinski definition) is 4. The summed E-state index contributed by atoms with van der Waals surface area (Å²) in [5.74, 6) is -0.470. The fourth-order valence-corrected chi connectivity index (χ4v) is 3.44. The third-order valence-electron chi connectivity index (χ3n) is 3.03. The van der Waals surface area contributed by atoms with Gasteiger partial charge in [0.25, 0.3) is 5.91 Å². The van der Waals surface area contributed by atoms with Crippen molar-refractivity contribution in [1.82, 2.24) is 9.88 Å². The molecular weight excluding hydrogens is 300 g/mol. The predicted molar refractivity (Wildman–Crippen MR) is 78.2 cm³/mol. The number of aromatic nitrogens is 1. The molecule has 0 bridgehead atoms. The molecule has 1 N–H and O–H groups in total. The van der Waals surface area contributed by atoms with Crippen LogP contribution in [0.15, 0.2) is 12.1 Å². The Morgan fingerprint density at radius 3 is 2.95 bits per heavy atom. The number of pyridine rings is 1. The Kier molecular flexibility index (Phi) is 4.88. The molecule has 7 heteroatoms. The molecule has 2 heterocycles. The highest BCUT2D eigenvalue weighted by molar-refractivity contribution is 7.99.